The lowest BCUT2D eigenvalue weighted by Gasteiger charge is -2.18. The van der Waals surface area contributed by atoms with Crippen LogP contribution < -0.4 is 11.1 Å². The van der Waals surface area contributed by atoms with Gasteiger partial charge in [0.15, 0.2) is 0 Å². The lowest BCUT2D eigenvalue weighted by atomic mass is 9.87. The number of nitrogens with two attached hydrogens (primary N) is 1. The highest BCUT2D eigenvalue weighted by atomic mass is 19.1. The van der Waals surface area contributed by atoms with Gasteiger partial charge in [0.05, 0.1) is 40.5 Å². The van der Waals surface area contributed by atoms with Crippen LogP contribution in [-0.4, -0.2) is 58.3 Å². The first-order chi connectivity index (χ1) is 59.7. The zero-order chi connectivity index (χ0) is 83.6. The van der Waals surface area contributed by atoms with Crippen molar-refractivity contribution in [1.82, 2.24) is 39.9 Å². The van der Waals surface area contributed by atoms with E-state index in [1.54, 1.807) is 62.9 Å². The van der Waals surface area contributed by atoms with Gasteiger partial charge in [-0.15, -0.1) is 0 Å². The molecule has 0 saturated heterocycles. The van der Waals surface area contributed by atoms with Gasteiger partial charge in [0.1, 0.15) is 17.5 Å². The Morgan fingerprint density at radius 3 is 1.57 bits per heavy atom. The number of hydrogen-bond acceptors (Lipinski definition) is 12. The Balaban J connectivity index is 0.000000109. The number of nitrogens with one attached hydrogen (secondary N) is 2. The number of anilines is 2. The average molecular weight is 1600 g/mol. The summed E-state index contributed by atoms with van der Waals surface area (Å²) in [5.74, 6) is -0.273. The quantitative estimate of drug-likeness (QED) is 0.0701. The monoisotopic (exact) mass is 1590 g/mol. The molecular weight excluding hydrogens is 1510 g/mol. The number of aromatic nitrogens is 8. The highest BCUT2D eigenvalue weighted by molar-refractivity contribution is 6.03. The SMILES string of the molecule is Cc1c(F)cccc1-c1c(-c2cncc(NC3CC3)c2)ccc(N)c1C=N.Cc1cc(-c2ncccc2-c2ccc3ccncc3c2)ccc1F.Cc1cccc(-c2ncccc2-c2ccc3ccncc3c2)c1.Cc1cccc(-c2ncccc2-c2ccc3ncccc3c2)c1.Fc1ccc(-c2ccccn2)c(-c2cccc3c2C=NC3)c1C1CC1. The van der Waals surface area contributed by atoms with Crippen molar-refractivity contribution in [1.29, 1.82) is 5.41 Å². The first-order valence-electron chi connectivity index (χ1n) is 40.8. The zero-order valence-corrected chi connectivity index (χ0v) is 67.8. The van der Waals surface area contributed by atoms with Crippen molar-refractivity contribution < 1.29 is 13.2 Å². The zero-order valence-electron chi connectivity index (χ0n) is 67.8. The molecule has 18 aromatic rings. The maximum Gasteiger partial charge on any atom is 0.127 e. The lowest BCUT2D eigenvalue weighted by Crippen LogP contribution is -2.03. The summed E-state index contributed by atoms with van der Waals surface area (Å²) in [6, 6.07) is 88.3. The van der Waals surface area contributed by atoms with Crippen molar-refractivity contribution in [3.05, 3.63) is 397 Å². The van der Waals surface area contributed by atoms with Crippen molar-refractivity contribution >= 4 is 56.3 Å². The first kappa shape index (κ1) is 79.4. The molecule has 0 radical (unpaired) electrons. The molecule has 3 aliphatic rings. The number of nitrogen functional groups attached to an aromatic ring is 1. The minimum absolute atomic E-state index is 0.107. The van der Waals surface area contributed by atoms with Crippen LogP contribution in [0.25, 0.3) is 144 Å². The fraction of sp³-hybridized carbons (Fsp3) is 0.103. The number of pyridine rings is 8. The van der Waals surface area contributed by atoms with E-state index in [0.29, 0.717) is 40.9 Å². The van der Waals surface area contributed by atoms with E-state index in [2.05, 4.69) is 197 Å². The number of benzene rings is 10. The van der Waals surface area contributed by atoms with Gasteiger partial charge in [-0.05, 0) is 265 Å². The summed E-state index contributed by atoms with van der Waals surface area (Å²) in [6.07, 6.45) is 27.7. The lowest BCUT2D eigenvalue weighted by molar-refractivity contribution is 0.612. The van der Waals surface area contributed by atoms with Crippen LogP contribution in [0.2, 0.25) is 0 Å². The molecule has 122 heavy (non-hydrogen) atoms. The van der Waals surface area contributed by atoms with E-state index in [9.17, 15) is 13.2 Å². The Hall–Kier alpha value is -15.1. The molecule has 10 aromatic carbocycles. The maximum atomic E-state index is 14.8. The van der Waals surface area contributed by atoms with Crippen LogP contribution in [0.4, 0.5) is 24.5 Å². The molecule has 2 saturated carbocycles. The molecule has 0 unspecified atom stereocenters. The van der Waals surface area contributed by atoms with Crippen LogP contribution in [-0.2, 0) is 6.54 Å². The predicted molar refractivity (Wildman–Crippen MR) is 492 cm³/mol. The van der Waals surface area contributed by atoms with Gasteiger partial charge in [0.2, 0.25) is 0 Å². The third kappa shape index (κ3) is 17.7. The number of fused-ring (bicyclic) bond motifs is 4. The van der Waals surface area contributed by atoms with E-state index in [-0.39, 0.29) is 17.5 Å². The van der Waals surface area contributed by atoms with Gasteiger partial charge >= 0.3 is 0 Å². The number of aryl methyl sites for hydroxylation is 3. The summed E-state index contributed by atoms with van der Waals surface area (Å²) in [5, 5.41) is 17.0. The Bertz CT molecular complexity index is 6800. The Kier molecular flexibility index (Phi) is 23.4. The minimum Gasteiger partial charge on any atom is -0.398 e. The largest absolute Gasteiger partial charge is 0.398 e. The third-order valence-corrected chi connectivity index (χ3v) is 22.3. The molecule has 2 aliphatic carbocycles. The van der Waals surface area contributed by atoms with Gasteiger partial charge in [-0.2, -0.15) is 0 Å². The molecule has 0 spiro atoms. The van der Waals surface area contributed by atoms with Crippen molar-refractivity contribution in [3.63, 3.8) is 0 Å². The molecule has 12 nitrogen and oxygen atoms in total. The predicted octanol–water partition coefficient (Wildman–Crippen LogP) is 26.3. The fourth-order valence-corrected chi connectivity index (χ4v) is 15.8. The van der Waals surface area contributed by atoms with E-state index < -0.39 is 0 Å². The second-order valence-electron chi connectivity index (χ2n) is 30.8. The fourth-order valence-electron chi connectivity index (χ4n) is 15.8. The normalized spacial score (nSPS) is 12.4. The first-order valence-corrected chi connectivity index (χ1v) is 40.8. The van der Waals surface area contributed by atoms with Crippen molar-refractivity contribution in [2.45, 2.75) is 71.9 Å². The number of halogens is 3. The van der Waals surface area contributed by atoms with Crippen LogP contribution in [0.15, 0.2) is 340 Å². The number of hydrogen-bond donors (Lipinski definition) is 3. The van der Waals surface area contributed by atoms with Crippen LogP contribution in [0.5, 0.6) is 0 Å². The molecule has 0 amide bonds. The maximum absolute atomic E-state index is 14.8. The molecule has 1 aliphatic heterocycles. The summed E-state index contributed by atoms with van der Waals surface area (Å²) in [5.41, 5.74) is 36.0. The smallest absolute Gasteiger partial charge is 0.127 e. The average Bonchev–Trinajstić information content (AvgIpc) is 1.47. The minimum atomic E-state index is -0.279. The van der Waals surface area contributed by atoms with Crippen molar-refractivity contribution in [2.24, 2.45) is 4.99 Å². The molecule has 4 N–H and O–H groups in total. The molecule has 8 aromatic heterocycles. The third-order valence-electron chi connectivity index (χ3n) is 22.3. The second kappa shape index (κ2) is 36.0. The standard InChI is InChI=1S/C22H21FN4.C22H17FN2.C21H15FN2.2C21H16N2/c1-13-17(3-2-4-20(13)23)22-18(7-8-21(25)19(22)10-24)14-9-16(12-26-11-14)27-15-5-6-15;23-19-10-9-17(20-6-1-2-11-25-20)22(21(19)14-7-8-14)16-5-3-4-15-12-24-13-18(15)16;1-14-11-17(6-7-20(14)22)21-19(3-2-9-24-21)16-5-4-15-8-10-23-13-18(15)12-16;1-15-5-2-6-18(13-15)21-19(8-4-12-23-21)16-9-10-20-17(14-16)7-3-11-22-20;1-15-4-2-5-18(12-15)21-20(6-3-10-23-21)17-8-7-16-9-11-22-14-19(16)13-17/h2-4,7-12,15,24,27H,5-6,25H2,1H3;1-6,9-11,13-14H,7-8,12H2;2-13H,1H3;2*2-14H,1H3. The second-order valence-corrected chi connectivity index (χ2v) is 30.8. The van der Waals surface area contributed by atoms with Crippen molar-refractivity contribution in [3.8, 4) is 112 Å². The molecule has 2 fully saturated rings. The van der Waals surface area contributed by atoms with E-state index in [1.807, 2.05) is 147 Å². The summed E-state index contributed by atoms with van der Waals surface area (Å²) >= 11 is 0. The summed E-state index contributed by atoms with van der Waals surface area (Å²) in [6.45, 7) is 8.43. The van der Waals surface area contributed by atoms with Gasteiger partial charge in [0, 0.05) is 170 Å². The molecule has 594 valence electrons. The molecule has 21 rings (SSSR count). The number of rotatable bonds is 14. The highest BCUT2D eigenvalue weighted by Gasteiger charge is 2.33. The van der Waals surface area contributed by atoms with E-state index >= 15 is 0 Å². The molecule has 9 heterocycles. The topological polar surface area (TPSA) is 177 Å². The molecule has 0 bridgehead atoms. The molecule has 0 atom stereocenters. The highest BCUT2D eigenvalue weighted by Crippen LogP contribution is 2.50. The van der Waals surface area contributed by atoms with Gasteiger partial charge in [-0.3, -0.25) is 44.9 Å². The summed E-state index contributed by atoms with van der Waals surface area (Å²) < 4.78 is 42.6. The Morgan fingerprint density at radius 1 is 0.385 bits per heavy atom. The van der Waals surface area contributed by atoms with Crippen LogP contribution in [0, 0.1) is 50.6 Å². The van der Waals surface area contributed by atoms with Gasteiger partial charge < -0.3 is 16.5 Å². The number of nitrogens with zero attached hydrogens (tertiary/aromatic N) is 9. The van der Waals surface area contributed by atoms with Gasteiger partial charge in [-0.1, -0.05) is 145 Å². The Morgan fingerprint density at radius 2 is 0.951 bits per heavy atom. The molecular formula is C107H85F3N12. The van der Waals surface area contributed by atoms with Crippen molar-refractivity contribution in [2.75, 3.05) is 11.1 Å². The van der Waals surface area contributed by atoms with Gasteiger partial charge in [-0.25, -0.2) is 13.2 Å². The van der Waals surface area contributed by atoms with Crippen LogP contribution in [0.3, 0.4) is 0 Å². The van der Waals surface area contributed by atoms with E-state index in [1.165, 1.54) is 53.3 Å². The van der Waals surface area contributed by atoms with E-state index in [4.69, 9.17) is 11.1 Å². The summed E-state index contributed by atoms with van der Waals surface area (Å²) in [7, 11) is 0. The molecule has 15 heteroatoms. The van der Waals surface area contributed by atoms with E-state index in [0.717, 1.165) is 169 Å². The summed E-state index contributed by atoms with van der Waals surface area (Å²) in [4.78, 5) is 39.9. The van der Waals surface area contributed by atoms with Crippen LogP contribution in [0.1, 0.15) is 76.1 Å². The Labute approximate surface area is 707 Å². The van der Waals surface area contributed by atoms with Gasteiger partial charge in [0.25, 0.3) is 0 Å². The van der Waals surface area contributed by atoms with Crippen LogP contribution >= 0.6 is 0 Å². The number of aliphatic imine (C=N–C) groups is 1.